The Morgan fingerprint density at radius 2 is 2.16 bits per heavy atom. The van der Waals surface area contributed by atoms with E-state index in [4.69, 9.17) is 4.42 Å². The van der Waals surface area contributed by atoms with Crippen molar-refractivity contribution in [3.05, 3.63) is 64.1 Å². The molecule has 1 rings (SSSR count). The number of furan rings is 1. The monoisotopic (exact) mass is 262 g/mol. The number of allylic oxidation sites excluding steroid dienone is 5. The second kappa shape index (κ2) is 6.34. The highest BCUT2D eigenvalue weighted by atomic mass is 16.6. The SMILES string of the molecule is C=C/C=C(C)\C=C(/C)NC(=O)c1ccc([N+](=O)[O-])o1. The lowest BCUT2D eigenvalue weighted by molar-refractivity contribution is -0.402. The molecule has 0 saturated heterocycles. The first kappa shape index (κ1) is 14.4. The van der Waals surface area contributed by atoms with Crippen molar-refractivity contribution >= 4 is 11.8 Å². The fraction of sp³-hybridized carbons (Fsp3) is 0.154. The Labute approximate surface area is 110 Å². The number of hydrogen-bond acceptors (Lipinski definition) is 4. The summed E-state index contributed by atoms with van der Waals surface area (Å²) >= 11 is 0. The molecular weight excluding hydrogens is 248 g/mol. The number of amides is 1. The number of hydrogen-bond donors (Lipinski definition) is 1. The van der Waals surface area contributed by atoms with Crippen molar-refractivity contribution in [1.29, 1.82) is 0 Å². The van der Waals surface area contributed by atoms with Crippen molar-refractivity contribution in [1.82, 2.24) is 5.32 Å². The van der Waals surface area contributed by atoms with Gasteiger partial charge in [0.05, 0.1) is 6.07 Å². The second-order valence-corrected chi connectivity index (χ2v) is 3.82. The molecule has 1 amide bonds. The lowest BCUT2D eigenvalue weighted by Crippen LogP contribution is -2.20. The first-order valence-corrected chi connectivity index (χ1v) is 5.47. The highest BCUT2D eigenvalue weighted by Gasteiger charge is 2.17. The molecule has 1 N–H and O–H groups in total. The average Bonchev–Trinajstić information content (AvgIpc) is 2.77. The van der Waals surface area contributed by atoms with Gasteiger partial charge in [-0.2, -0.15) is 0 Å². The van der Waals surface area contributed by atoms with E-state index in [1.807, 2.05) is 6.92 Å². The molecule has 100 valence electrons. The molecule has 0 atom stereocenters. The van der Waals surface area contributed by atoms with Crippen LogP contribution in [0.4, 0.5) is 5.88 Å². The Kier molecular flexibility index (Phi) is 4.82. The Bertz CT molecular complexity index is 567. The maximum atomic E-state index is 11.7. The van der Waals surface area contributed by atoms with Crippen LogP contribution in [0.15, 0.2) is 52.6 Å². The van der Waals surface area contributed by atoms with Gasteiger partial charge in [0.15, 0.2) is 5.76 Å². The third kappa shape index (κ3) is 4.27. The van der Waals surface area contributed by atoms with Gasteiger partial charge in [0, 0.05) is 5.70 Å². The standard InChI is InChI=1S/C13H14N2O4/c1-4-5-9(2)8-10(3)14-13(16)11-6-7-12(19-11)15(17)18/h4-8H,1H2,2-3H3,(H,14,16)/b9-5-,10-8+. The molecule has 1 aromatic heterocycles. The number of nitro groups is 1. The maximum absolute atomic E-state index is 11.7. The smallest absolute Gasteiger partial charge is 0.395 e. The molecule has 0 unspecified atom stereocenters. The zero-order chi connectivity index (χ0) is 14.4. The normalized spacial score (nSPS) is 12.1. The van der Waals surface area contributed by atoms with Crippen LogP contribution in [0, 0.1) is 10.1 Å². The van der Waals surface area contributed by atoms with E-state index in [1.54, 1.807) is 25.2 Å². The summed E-state index contributed by atoms with van der Waals surface area (Å²) in [4.78, 5) is 21.5. The predicted molar refractivity (Wildman–Crippen MR) is 70.5 cm³/mol. The van der Waals surface area contributed by atoms with Crippen LogP contribution in [-0.2, 0) is 0 Å². The van der Waals surface area contributed by atoms with Crippen molar-refractivity contribution in [2.45, 2.75) is 13.8 Å². The van der Waals surface area contributed by atoms with Gasteiger partial charge in [-0.05, 0) is 31.6 Å². The summed E-state index contributed by atoms with van der Waals surface area (Å²) in [7, 11) is 0. The first-order chi connectivity index (χ1) is 8.93. The van der Waals surface area contributed by atoms with Crippen LogP contribution in [0.5, 0.6) is 0 Å². The minimum absolute atomic E-state index is 0.107. The number of nitrogens with one attached hydrogen (secondary N) is 1. The van der Waals surface area contributed by atoms with Gasteiger partial charge < -0.3 is 9.73 Å². The number of carbonyl (C=O) groups is 1. The van der Waals surface area contributed by atoms with Gasteiger partial charge in [-0.3, -0.25) is 14.9 Å². The fourth-order valence-electron chi connectivity index (χ4n) is 1.40. The van der Waals surface area contributed by atoms with Crippen molar-refractivity contribution in [3.8, 4) is 0 Å². The molecule has 0 saturated carbocycles. The zero-order valence-electron chi connectivity index (χ0n) is 10.7. The average molecular weight is 262 g/mol. The van der Waals surface area contributed by atoms with E-state index in [0.717, 1.165) is 11.6 Å². The molecule has 0 fully saturated rings. The number of rotatable bonds is 5. The number of nitrogens with zero attached hydrogens (tertiary/aromatic N) is 1. The third-order valence-electron chi connectivity index (χ3n) is 2.13. The van der Waals surface area contributed by atoms with Crippen molar-refractivity contribution in [3.63, 3.8) is 0 Å². The lowest BCUT2D eigenvalue weighted by Gasteiger charge is -2.02. The van der Waals surface area contributed by atoms with E-state index in [2.05, 4.69) is 11.9 Å². The molecule has 6 heteroatoms. The first-order valence-electron chi connectivity index (χ1n) is 5.47. The van der Waals surface area contributed by atoms with Crippen LogP contribution in [0.25, 0.3) is 0 Å². The van der Waals surface area contributed by atoms with Crippen molar-refractivity contribution in [2.24, 2.45) is 0 Å². The Morgan fingerprint density at radius 3 is 2.68 bits per heavy atom. The van der Waals surface area contributed by atoms with Gasteiger partial charge in [0.1, 0.15) is 4.92 Å². The zero-order valence-corrected chi connectivity index (χ0v) is 10.7. The molecule has 0 aliphatic carbocycles. The van der Waals surface area contributed by atoms with Crippen LogP contribution in [0.2, 0.25) is 0 Å². The highest BCUT2D eigenvalue weighted by Crippen LogP contribution is 2.15. The van der Waals surface area contributed by atoms with E-state index in [9.17, 15) is 14.9 Å². The summed E-state index contributed by atoms with van der Waals surface area (Å²) in [6.07, 6.45) is 5.17. The minimum atomic E-state index is -0.698. The predicted octanol–water partition coefficient (Wildman–Crippen LogP) is 2.95. The van der Waals surface area contributed by atoms with Gasteiger partial charge in [-0.1, -0.05) is 18.7 Å². The Morgan fingerprint density at radius 1 is 1.47 bits per heavy atom. The van der Waals surface area contributed by atoms with Crippen LogP contribution in [-0.4, -0.2) is 10.8 Å². The van der Waals surface area contributed by atoms with E-state index in [1.165, 1.54) is 6.07 Å². The molecule has 0 aliphatic rings. The lowest BCUT2D eigenvalue weighted by atomic mass is 10.2. The summed E-state index contributed by atoms with van der Waals surface area (Å²) < 4.78 is 4.79. The van der Waals surface area contributed by atoms with E-state index < -0.39 is 16.7 Å². The van der Waals surface area contributed by atoms with Crippen molar-refractivity contribution in [2.75, 3.05) is 0 Å². The molecule has 0 aliphatic heterocycles. The third-order valence-corrected chi connectivity index (χ3v) is 2.13. The Balaban J connectivity index is 2.76. The summed E-state index contributed by atoms with van der Waals surface area (Å²) in [6.45, 7) is 7.12. The van der Waals surface area contributed by atoms with Gasteiger partial charge >= 0.3 is 5.88 Å². The van der Waals surface area contributed by atoms with Crippen LogP contribution >= 0.6 is 0 Å². The van der Waals surface area contributed by atoms with Gasteiger partial charge in [-0.25, -0.2) is 0 Å². The maximum Gasteiger partial charge on any atom is 0.433 e. The molecule has 19 heavy (non-hydrogen) atoms. The molecule has 0 aromatic carbocycles. The second-order valence-electron chi connectivity index (χ2n) is 3.82. The van der Waals surface area contributed by atoms with Crippen LogP contribution < -0.4 is 5.32 Å². The summed E-state index contributed by atoms with van der Waals surface area (Å²) in [5, 5.41) is 13.0. The summed E-state index contributed by atoms with van der Waals surface area (Å²) in [6, 6.07) is 2.39. The van der Waals surface area contributed by atoms with E-state index in [0.29, 0.717) is 5.70 Å². The van der Waals surface area contributed by atoms with E-state index in [-0.39, 0.29) is 5.76 Å². The largest absolute Gasteiger partial charge is 0.433 e. The topological polar surface area (TPSA) is 85.4 Å². The molecule has 0 bridgehead atoms. The van der Waals surface area contributed by atoms with Crippen LogP contribution in [0.1, 0.15) is 24.4 Å². The van der Waals surface area contributed by atoms with Gasteiger partial charge in [0.25, 0.3) is 5.91 Å². The summed E-state index contributed by atoms with van der Waals surface area (Å²) in [5.41, 5.74) is 1.51. The van der Waals surface area contributed by atoms with Gasteiger partial charge in [0.2, 0.25) is 0 Å². The molecular formula is C13H14N2O4. The molecule has 0 spiro atoms. The quantitative estimate of drug-likeness (QED) is 0.502. The Hall–Kier alpha value is -2.63. The minimum Gasteiger partial charge on any atom is -0.395 e. The van der Waals surface area contributed by atoms with Crippen LogP contribution in [0.3, 0.4) is 0 Å². The molecule has 1 heterocycles. The number of carbonyl (C=O) groups excluding carboxylic acids is 1. The molecule has 0 radical (unpaired) electrons. The highest BCUT2D eigenvalue weighted by molar-refractivity contribution is 5.92. The molecule has 1 aromatic rings. The fourth-order valence-corrected chi connectivity index (χ4v) is 1.40. The summed E-state index contributed by atoms with van der Waals surface area (Å²) in [5.74, 6) is -1.10. The van der Waals surface area contributed by atoms with Gasteiger partial charge in [-0.15, -0.1) is 0 Å². The molecule has 6 nitrogen and oxygen atoms in total. The van der Waals surface area contributed by atoms with E-state index >= 15 is 0 Å². The van der Waals surface area contributed by atoms with Crippen molar-refractivity contribution < 1.29 is 14.1 Å².